The van der Waals surface area contributed by atoms with Crippen LogP contribution in [0.2, 0.25) is 0 Å². The lowest BCUT2D eigenvalue weighted by atomic mass is 10.2. The maximum atomic E-state index is 10.9. The van der Waals surface area contributed by atoms with E-state index in [0.717, 1.165) is 39.3 Å². The van der Waals surface area contributed by atoms with Crippen molar-refractivity contribution in [3.8, 4) is 5.75 Å². The molecule has 6 heteroatoms. The zero-order valence-corrected chi connectivity index (χ0v) is 13.4. The van der Waals surface area contributed by atoms with E-state index < -0.39 is 4.92 Å². The quantitative estimate of drug-likeness (QED) is 0.571. The summed E-state index contributed by atoms with van der Waals surface area (Å²) >= 11 is 0. The molecule has 122 valence electrons. The Morgan fingerprint density at radius 2 is 1.82 bits per heavy atom. The molecule has 1 aromatic rings. The lowest BCUT2D eigenvalue weighted by molar-refractivity contribution is -0.385. The molecule has 0 N–H and O–H groups in total. The van der Waals surface area contributed by atoms with E-state index >= 15 is 0 Å². The molecule has 0 atom stereocenters. The van der Waals surface area contributed by atoms with Crippen molar-refractivity contribution >= 4 is 5.69 Å². The van der Waals surface area contributed by atoms with Crippen LogP contribution in [0.1, 0.15) is 13.8 Å². The fraction of sp³-hybridized carbons (Fsp3) is 0.625. The lowest BCUT2D eigenvalue weighted by Crippen LogP contribution is -2.48. The van der Waals surface area contributed by atoms with E-state index in [4.69, 9.17) is 4.74 Å². The minimum atomic E-state index is -0.403. The summed E-state index contributed by atoms with van der Waals surface area (Å²) in [5.41, 5.74) is 0.0317. The summed E-state index contributed by atoms with van der Waals surface area (Å²) in [6, 6.07) is 6.53. The van der Waals surface area contributed by atoms with Crippen molar-refractivity contribution in [3.63, 3.8) is 0 Å². The van der Waals surface area contributed by atoms with Gasteiger partial charge in [0.25, 0.3) is 0 Å². The van der Waals surface area contributed by atoms with Crippen LogP contribution >= 0.6 is 0 Å². The monoisotopic (exact) mass is 307 g/mol. The maximum absolute atomic E-state index is 10.9. The summed E-state index contributed by atoms with van der Waals surface area (Å²) in [5, 5.41) is 10.9. The van der Waals surface area contributed by atoms with Crippen molar-refractivity contribution in [3.05, 3.63) is 34.4 Å². The highest BCUT2D eigenvalue weighted by Crippen LogP contribution is 2.25. The number of para-hydroxylation sites is 2. The molecule has 0 bridgehead atoms. The fourth-order valence-electron chi connectivity index (χ4n) is 2.73. The van der Waals surface area contributed by atoms with Gasteiger partial charge in [-0.1, -0.05) is 26.0 Å². The zero-order valence-electron chi connectivity index (χ0n) is 13.4. The molecular formula is C16H25N3O3. The number of rotatable bonds is 7. The Kier molecular flexibility index (Phi) is 6.15. The highest BCUT2D eigenvalue weighted by atomic mass is 16.6. The van der Waals surface area contributed by atoms with Gasteiger partial charge in [-0.2, -0.15) is 0 Å². The predicted octanol–water partition coefficient (Wildman–Crippen LogP) is 2.25. The van der Waals surface area contributed by atoms with Crippen molar-refractivity contribution in [2.24, 2.45) is 5.92 Å². The molecule has 1 aliphatic heterocycles. The van der Waals surface area contributed by atoms with Crippen molar-refractivity contribution in [2.45, 2.75) is 13.8 Å². The first-order valence-corrected chi connectivity index (χ1v) is 7.87. The van der Waals surface area contributed by atoms with E-state index in [9.17, 15) is 10.1 Å². The van der Waals surface area contributed by atoms with Crippen LogP contribution < -0.4 is 4.74 Å². The van der Waals surface area contributed by atoms with Crippen molar-refractivity contribution < 1.29 is 9.66 Å². The number of nitro benzene ring substituents is 1. The van der Waals surface area contributed by atoms with Crippen LogP contribution in [0, 0.1) is 16.0 Å². The normalized spacial score (nSPS) is 16.9. The Labute approximate surface area is 131 Å². The van der Waals surface area contributed by atoms with E-state index in [1.54, 1.807) is 18.2 Å². The van der Waals surface area contributed by atoms with E-state index in [2.05, 4.69) is 23.6 Å². The molecule has 1 fully saturated rings. The van der Waals surface area contributed by atoms with E-state index in [1.807, 2.05) is 0 Å². The summed E-state index contributed by atoms with van der Waals surface area (Å²) < 4.78 is 5.60. The first-order chi connectivity index (χ1) is 10.6. The highest BCUT2D eigenvalue weighted by Gasteiger charge is 2.18. The number of piperazine rings is 1. The Hall–Kier alpha value is -1.66. The van der Waals surface area contributed by atoms with E-state index in [1.165, 1.54) is 6.07 Å². The molecule has 2 rings (SSSR count). The minimum absolute atomic E-state index is 0.0317. The number of nitrogens with zero attached hydrogens (tertiary/aromatic N) is 3. The van der Waals surface area contributed by atoms with Gasteiger partial charge in [-0.05, 0) is 12.0 Å². The van der Waals surface area contributed by atoms with E-state index in [0.29, 0.717) is 18.3 Å². The van der Waals surface area contributed by atoms with Crippen LogP contribution in [0.4, 0.5) is 5.69 Å². The standard InChI is InChI=1S/C16H25N3O3/c1-14(2)13-18-9-7-17(8-10-18)11-12-22-16-6-4-3-5-15(16)19(20)21/h3-6,14H,7-13H2,1-2H3. The number of hydrogen-bond donors (Lipinski definition) is 0. The minimum Gasteiger partial charge on any atom is -0.485 e. The van der Waals surface area contributed by atoms with Crippen LogP contribution in [0.5, 0.6) is 5.75 Å². The Morgan fingerprint density at radius 3 is 2.45 bits per heavy atom. The number of hydrogen-bond acceptors (Lipinski definition) is 5. The first-order valence-electron chi connectivity index (χ1n) is 7.87. The molecule has 6 nitrogen and oxygen atoms in total. The summed E-state index contributed by atoms with van der Waals surface area (Å²) in [4.78, 5) is 15.4. The van der Waals surface area contributed by atoms with Gasteiger partial charge in [-0.25, -0.2) is 0 Å². The molecule has 0 spiro atoms. The average molecular weight is 307 g/mol. The van der Waals surface area contributed by atoms with Crippen LogP contribution in [0.15, 0.2) is 24.3 Å². The van der Waals surface area contributed by atoms with Gasteiger partial charge < -0.3 is 9.64 Å². The molecule has 1 aliphatic rings. The fourth-order valence-corrected chi connectivity index (χ4v) is 2.73. The summed E-state index contributed by atoms with van der Waals surface area (Å²) in [7, 11) is 0. The number of benzene rings is 1. The SMILES string of the molecule is CC(C)CN1CCN(CCOc2ccccc2[N+](=O)[O-])CC1. The number of ether oxygens (including phenoxy) is 1. The van der Waals surface area contributed by atoms with Crippen LogP contribution in [-0.4, -0.2) is 60.6 Å². The second-order valence-electron chi connectivity index (χ2n) is 6.11. The average Bonchev–Trinajstić information content (AvgIpc) is 2.49. The van der Waals surface area contributed by atoms with Crippen LogP contribution in [0.3, 0.4) is 0 Å². The second-order valence-corrected chi connectivity index (χ2v) is 6.11. The molecule has 1 saturated heterocycles. The van der Waals surface area contributed by atoms with Crippen LogP contribution in [-0.2, 0) is 0 Å². The molecular weight excluding hydrogens is 282 g/mol. The van der Waals surface area contributed by atoms with Gasteiger partial charge in [0, 0.05) is 45.3 Å². The summed E-state index contributed by atoms with van der Waals surface area (Å²) in [6.45, 7) is 11.2. The van der Waals surface area contributed by atoms with Crippen LogP contribution in [0.25, 0.3) is 0 Å². The molecule has 0 unspecified atom stereocenters. The lowest BCUT2D eigenvalue weighted by Gasteiger charge is -2.35. The van der Waals surface area contributed by atoms with Gasteiger partial charge in [0.15, 0.2) is 5.75 Å². The molecule has 0 aliphatic carbocycles. The summed E-state index contributed by atoms with van der Waals surface area (Å²) in [5.74, 6) is 1.06. The van der Waals surface area contributed by atoms with Gasteiger partial charge in [0.1, 0.15) is 6.61 Å². The molecule has 0 radical (unpaired) electrons. The molecule has 0 aromatic heterocycles. The third-order valence-corrected chi connectivity index (χ3v) is 3.82. The first kappa shape index (κ1) is 16.7. The van der Waals surface area contributed by atoms with Crippen molar-refractivity contribution in [1.29, 1.82) is 0 Å². The topological polar surface area (TPSA) is 58.8 Å². The predicted molar refractivity (Wildman–Crippen MR) is 86.3 cm³/mol. The second kappa shape index (κ2) is 8.10. The molecule has 0 amide bonds. The third kappa shape index (κ3) is 4.96. The van der Waals surface area contributed by atoms with Gasteiger partial charge in [0.2, 0.25) is 0 Å². The molecule has 22 heavy (non-hydrogen) atoms. The van der Waals surface area contributed by atoms with Gasteiger partial charge in [-0.15, -0.1) is 0 Å². The third-order valence-electron chi connectivity index (χ3n) is 3.82. The highest BCUT2D eigenvalue weighted by molar-refractivity contribution is 5.45. The number of nitro groups is 1. The van der Waals surface area contributed by atoms with Gasteiger partial charge in [-0.3, -0.25) is 15.0 Å². The smallest absolute Gasteiger partial charge is 0.310 e. The molecule has 0 saturated carbocycles. The van der Waals surface area contributed by atoms with Gasteiger partial charge in [0.05, 0.1) is 4.92 Å². The maximum Gasteiger partial charge on any atom is 0.310 e. The van der Waals surface area contributed by atoms with Crippen molar-refractivity contribution in [2.75, 3.05) is 45.9 Å². The largest absolute Gasteiger partial charge is 0.485 e. The van der Waals surface area contributed by atoms with Crippen molar-refractivity contribution in [1.82, 2.24) is 9.80 Å². The Balaban J connectivity index is 1.73. The Bertz CT molecular complexity index is 485. The molecule has 1 aromatic carbocycles. The van der Waals surface area contributed by atoms with E-state index in [-0.39, 0.29) is 5.69 Å². The Morgan fingerprint density at radius 1 is 1.18 bits per heavy atom. The zero-order chi connectivity index (χ0) is 15.9. The molecule has 1 heterocycles. The summed E-state index contributed by atoms with van der Waals surface area (Å²) in [6.07, 6.45) is 0. The van der Waals surface area contributed by atoms with Gasteiger partial charge >= 0.3 is 5.69 Å².